The summed E-state index contributed by atoms with van der Waals surface area (Å²) in [6, 6.07) is 0.558. The predicted octanol–water partition coefficient (Wildman–Crippen LogP) is 2.34. The molecule has 2 atom stereocenters. The van der Waals surface area contributed by atoms with Crippen molar-refractivity contribution in [3.05, 3.63) is 17.0 Å². The van der Waals surface area contributed by atoms with Gasteiger partial charge in [0, 0.05) is 25.3 Å². The largest absolute Gasteiger partial charge is 0.381 e. The zero-order chi connectivity index (χ0) is 12.3. The first-order valence-electron chi connectivity index (χ1n) is 6.38. The molecule has 1 fully saturated rings. The molecule has 1 aliphatic carbocycles. The highest BCUT2D eigenvalue weighted by Crippen LogP contribution is 2.21. The maximum absolute atomic E-state index is 5.43. The zero-order valence-corrected chi connectivity index (χ0v) is 11.0. The fourth-order valence-corrected chi connectivity index (χ4v) is 2.55. The number of rotatable bonds is 4. The van der Waals surface area contributed by atoms with Gasteiger partial charge in [0.2, 0.25) is 0 Å². The van der Waals surface area contributed by atoms with Crippen LogP contribution in [0.5, 0.6) is 0 Å². The van der Waals surface area contributed by atoms with E-state index in [1.807, 2.05) is 13.8 Å². The van der Waals surface area contributed by atoms with E-state index in [0.29, 0.717) is 12.1 Å². The third-order valence-electron chi connectivity index (χ3n) is 3.71. The second kappa shape index (κ2) is 5.65. The van der Waals surface area contributed by atoms with Gasteiger partial charge in [-0.05, 0) is 39.5 Å². The minimum Gasteiger partial charge on any atom is -0.381 e. The summed E-state index contributed by atoms with van der Waals surface area (Å²) in [5.41, 5.74) is 2.19. The number of nitrogens with one attached hydrogen (secondary N) is 1. The summed E-state index contributed by atoms with van der Waals surface area (Å²) in [4.78, 5) is 0. The quantitative estimate of drug-likeness (QED) is 0.874. The smallest absolute Gasteiger partial charge is 0.138 e. The molecule has 1 aromatic rings. The van der Waals surface area contributed by atoms with Crippen molar-refractivity contribution < 1.29 is 9.26 Å². The molecule has 4 nitrogen and oxygen atoms in total. The van der Waals surface area contributed by atoms with Crippen LogP contribution in [0.25, 0.3) is 0 Å². The number of aromatic nitrogens is 1. The van der Waals surface area contributed by atoms with Gasteiger partial charge in [-0.2, -0.15) is 0 Å². The van der Waals surface area contributed by atoms with Crippen LogP contribution in [0, 0.1) is 13.8 Å². The van der Waals surface area contributed by atoms with E-state index in [2.05, 4.69) is 10.5 Å². The van der Waals surface area contributed by atoms with Crippen LogP contribution in [0.2, 0.25) is 0 Å². The SMILES string of the molecule is CO[C@@H]1CCC[C@@H](NCc2c(C)noc2C)C1. The Morgan fingerprint density at radius 3 is 2.88 bits per heavy atom. The second-order valence-electron chi connectivity index (χ2n) is 4.90. The molecule has 0 radical (unpaired) electrons. The van der Waals surface area contributed by atoms with Gasteiger partial charge in [-0.3, -0.25) is 0 Å². The Kier molecular flexibility index (Phi) is 4.18. The van der Waals surface area contributed by atoms with Gasteiger partial charge >= 0.3 is 0 Å². The van der Waals surface area contributed by atoms with E-state index >= 15 is 0 Å². The van der Waals surface area contributed by atoms with Crippen LogP contribution in [-0.2, 0) is 11.3 Å². The highest BCUT2D eigenvalue weighted by Gasteiger charge is 2.21. The van der Waals surface area contributed by atoms with Crippen molar-refractivity contribution in [2.45, 2.75) is 58.2 Å². The first-order valence-corrected chi connectivity index (χ1v) is 6.38. The van der Waals surface area contributed by atoms with Gasteiger partial charge in [-0.1, -0.05) is 5.16 Å². The molecule has 0 aromatic carbocycles. The maximum atomic E-state index is 5.43. The topological polar surface area (TPSA) is 47.3 Å². The molecule has 4 heteroatoms. The third kappa shape index (κ3) is 3.07. The fraction of sp³-hybridized carbons (Fsp3) is 0.769. The molecule has 0 amide bonds. The van der Waals surface area contributed by atoms with Gasteiger partial charge in [0.05, 0.1) is 11.8 Å². The summed E-state index contributed by atoms with van der Waals surface area (Å²) >= 11 is 0. The first-order chi connectivity index (χ1) is 8.20. The normalized spacial score (nSPS) is 25.1. The molecule has 1 saturated carbocycles. The van der Waals surface area contributed by atoms with E-state index in [4.69, 9.17) is 9.26 Å². The van der Waals surface area contributed by atoms with Gasteiger partial charge in [-0.25, -0.2) is 0 Å². The predicted molar refractivity (Wildman–Crippen MR) is 65.9 cm³/mol. The molecular formula is C13H22N2O2. The molecule has 1 N–H and O–H groups in total. The van der Waals surface area contributed by atoms with Gasteiger partial charge in [0.1, 0.15) is 5.76 Å². The van der Waals surface area contributed by atoms with Crippen LogP contribution in [-0.4, -0.2) is 24.4 Å². The molecule has 0 bridgehead atoms. The lowest BCUT2D eigenvalue weighted by atomic mass is 9.92. The van der Waals surface area contributed by atoms with Gasteiger partial charge in [-0.15, -0.1) is 0 Å². The van der Waals surface area contributed by atoms with Crippen molar-refractivity contribution in [3.8, 4) is 0 Å². The van der Waals surface area contributed by atoms with Crippen molar-refractivity contribution in [2.75, 3.05) is 7.11 Å². The first kappa shape index (κ1) is 12.6. The van der Waals surface area contributed by atoms with Crippen LogP contribution in [0.1, 0.15) is 42.7 Å². The number of hydrogen-bond acceptors (Lipinski definition) is 4. The molecule has 17 heavy (non-hydrogen) atoms. The average Bonchev–Trinajstić information content (AvgIpc) is 2.67. The molecule has 0 saturated heterocycles. The number of aryl methyl sites for hydroxylation is 2. The molecule has 0 unspecified atom stereocenters. The Hall–Kier alpha value is -0.870. The van der Waals surface area contributed by atoms with Gasteiger partial charge in [0.15, 0.2) is 0 Å². The van der Waals surface area contributed by atoms with Crippen LogP contribution < -0.4 is 5.32 Å². The molecule has 1 heterocycles. The van der Waals surface area contributed by atoms with Crippen LogP contribution in [0.4, 0.5) is 0 Å². The Labute approximate surface area is 103 Å². The minimum atomic E-state index is 0.422. The number of hydrogen-bond donors (Lipinski definition) is 1. The molecule has 0 spiro atoms. The molecule has 1 aliphatic rings. The molecular weight excluding hydrogens is 216 g/mol. The lowest BCUT2D eigenvalue weighted by molar-refractivity contribution is 0.0586. The maximum Gasteiger partial charge on any atom is 0.138 e. The second-order valence-corrected chi connectivity index (χ2v) is 4.90. The molecule has 96 valence electrons. The van der Waals surface area contributed by atoms with Crippen molar-refractivity contribution in [3.63, 3.8) is 0 Å². The Morgan fingerprint density at radius 1 is 1.41 bits per heavy atom. The van der Waals surface area contributed by atoms with Gasteiger partial charge in [0.25, 0.3) is 0 Å². The van der Waals surface area contributed by atoms with E-state index in [9.17, 15) is 0 Å². The van der Waals surface area contributed by atoms with E-state index in [0.717, 1.165) is 24.4 Å². The Bertz CT molecular complexity index is 343. The standard InChI is InChI=1S/C13H22N2O2/c1-9-13(10(2)17-15-9)8-14-11-5-4-6-12(7-11)16-3/h11-12,14H,4-8H2,1-3H3/t11-,12-/m1/s1. The Morgan fingerprint density at radius 2 is 2.24 bits per heavy atom. The number of ether oxygens (including phenoxy) is 1. The van der Waals surface area contributed by atoms with Crippen LogP contribution in [0.15, 0.2) is 4.52 Å². The molecule has 1 aromatic heterocycles. The third-order valence-corrected chi connectivity index (χ3v) is 3.71. The zero-order valence-electron chi connectivity index (χ0n) is 11.0. The summed E-state index contributed by atoms with van der Waals surface area (Å²) in [5, 5.41) is 7.56. The van der Waals surface area contributed by atoms with Crippen molar-refractivity contribution in [1.29, 1.82) is 0 Å². The van der Waals surface area contributed by atoms with E-state index in [1.165, 1.54) is 24.8 Å². The highest BCUT2D eigenvalue weighted by molar-refractivity contribution is 5.20. The summed E-state index contributed by atoms with van der Waals surface area (Å²) < 4.78 is 10.6. The summed E-state index contributed by atoms with van der Waals surface area (Å²) in [6.45, 7) is 4.81. The summed E-state index contributed by atoms with van der Waals surface area (Å²) in [6.07, 6.45) is 5.21. The lowest BCUT2D eigenvalue weighted by Gasteiger charge is -2.28. The van der Waals surface area contributed by atoms with Crippen molar-refractivity contribution >= 4 is 0 Å². The summed E-state index contributed by atoms with van der Waals surface area (Å²) in [7, 11) is 1.81. The van der Waals surface area contributed by atoms with E-state index in [1.54, 1.807) is 7.11 Å². The van der Waals surface area contributed by atoms with E-state index < -0.39 is 0 Å². The van der Waals surface area contributed by atoms with Crippen LogP contribution in [0.3, 0.4) is 0 Å². The minimum absolute atomic E-state index is 0.422. The van der Waals surface area contributed by atoms with Gasteiger partial charge < -0.3 is 14.6 Å². The van der Waals surface area contributed by atoms with Crippen molar-refractivity contribution in [2.24, 2.45) is 0 Å². The van der Waals surface area contributed by atoms with Crippen LogP contribution >= 0.6 is 0 Å². The Balaban J connectivity index is 1.86. The molecule has 0 aliphatic heterocycles. The fourth-order valence-electron chi connectivity index (χ4n) is 2.55. The monoisotopic (exact) mass is 238 g/mol. The van der Waals surface area contributed by atoms with E-state index in [-0.39, 0.29) is 0 Å². The summed E-state index contributed by atoms with van der Waals surface area (Å²) in [5.74, 6) is 0.925. The average molecular weight is 238 g/mol. The van der Waals surface area contributed by atoms with Crippen molar-refractivity contribution in [1.82, 2.24) is 10.5 Å². The number of nitrogens with zero attached hydrogens (tertiary/aromatic N) is 1. The number of methoxy groups -OCH3 is 1. The lowest BCUT2D eigenvalue weighted by Crippen LogP contribution is -2.36. The highest BCUT2D eigenvalue weighted by atomic mass is 16.5. The molecule has 2 rings (SSSR count).